The van der Waals surface area contributed by atoms with Gasteiger partial charge in [0.25, 0.3) is 0 Å². The van der Waals surface area contributed by atoms with Crippen molar-refractivity contribution in [2.45, 2.75) is 18.5 Å². The number of nitrogens with one attached hydrogen (secondary N) is 1. The number of aryl methyl sites for hydroxylation is 1. The first-order chi connectivity index (χ1) is 17.1. The first kappa shape index (κ1) is 24.3. The fourth-order valence-corrected chi connectivity index (χ4v) is 4.51. The van der Waals surface area contributed by atoms with Crippen molar-refractivity contribution in [3.63, 3.8) is 0 Å². The van der Waals surface area contributed by atoms with Crippen molar-refractivity contribution < 1.29 is 14.3 Å². The Hall–Kier alpha value is -3.78. The summed E-state index contributed by atoms with van der Waals surface area (Å²) in [7, 11) is 3.22. The number of ether oxygens (including phenoxy) is 2. The second-order valence-electron chi connectivity index (χ2n) is 7.87. The van der Waals surface area contributed by atoms with Crippen LogP contribution in [0.5, 0.6) is 11.5 Å². The van der Waals surface area contributed by atoms with Gasteiger partial charge in [-0.1, -0.05) is 66.4 Å². The molecule has 35 heavy (non-hydrogen) atoms. The average molecular weight is 489 g/mol. The van der Waals surface area contributed by atoms with Crippen molar-refractivity contribution in [3.05, 3.63) is 83.9 Å². The fourth-order valence-electron chi connectivity index (χ4n) is 3.73. The maximum absolute atomic E-state index is 12.6. The summed E-state index contributed by atoms with van der Waals surface area (Å²) in [5, 5.41) is 12.5. The highest BCUT2D eigenvalue weighted by Gasteiger charge is 2.18. The van der Waals surface area contributed by atoms with E-state index in [0.717, 1.165) is 28.2 Å². The molecule has 0 saturated carbocycles. The summed E-state index contributed by atoms with van der Waals surface area (Å²) < 4.78 is 12.6. The van der Waals surface area contributed by atoms with E-state index in [9.17, 15) is 4.79 Å². The highest BCUT2D eigenvalue weighted by atomic mass is 32.2. The van der Waals surface area contributed by atoms with E-state index in [-0.39, 0.29) is 11.7 Å². The van der Waals surface area contributed by atoms with Gasteiger partial charge >= 0.3 is 0 Å². The van der Waals surface area contributed by atoms with Crippen LogP contribution >= 0.6 is 11.8 Å². The third kappa shape index (κ3) is 5.84. The van der Waals surface area contributed by atoms with E-state index < -0.39 is 0 Å². The van der Waals surface area contributed by atoms with Crippen LogP contribution in [0.3, 0.4) is 0 Å². The zero-order valence-electron chi connectivity index (χ0n) is 20.0. The summed E-state index contributed by atoms with van der Waals surface area (Å²) in [6, 6.07) is 23.8. The van der Waals surface area contributed by atoms with E-state index in [0.29, 0.717) is 29.6 Å². The molecule has 0 saturated heterocycles. The first-order valence-electron chi connectivity index (χ1n) is 11.3. The molecule has 1 N–H and O–H groups in total. The Morgan fingerprint density at radius 1 is 0.943 bits per heavy atom. The van der Waals surface area contributed by atoms with Gasteiger partial charge in [-0.3, -0.25) is 9.36 Å². The van der Waals surface area contributed by atoms with Crippen molar-refractivity contribution >= 4 is 17.7 Å². The van der Waals surface area contributed by atoms with Crippen LogP contribution in [0.4, 0.5) is 0 Å². The lowest BCUT2D eigenvalue weighted by molar-refractivity contribution is -0.118. The monoisotopic (exact) mass is 488 g/mol. The van der Waals surface area contributed by atoms with E-state index in [1.165, 1.54) is 11.8 Å². The lowest BCUT2D eigenvalue weighted by atomic mass is 10.1. The van der Waals surface area contributed by atoms with Gasteiger partial charge in [-0.05, 0) is 42.7 Å². The van der Waals surface area contributed by atoms with E-state index >= 15 is 0 Å². The minimum Gasteiger partial charge on any atom is -0.493 e. The smallest absolute Gasteiger partial charge is 0.230 e. The first-order valence-corrected chi connectivity index (χ1v) is 12.3. The molecule has 4 aromatic rings. The fraction of sp³-hybridized carbons (Fsp3) is 0.222. The summed E-state index contributed by atoms with van der Waals surface area (Å²) in [5.74, 6) is 2.29. The molecule has 0 bridgehead atoms. The SMILES string of the molecule is COc1ccc(CCNC(=O)CSc2nnc(-c3ccccc3)n2-c2ccccc2C)cc1OC. The van der Waals surface area contributed by atoms with Gasteiger partial charge in [0, 0.05) is 12.1 Å². The Kier molecular flexibility index (Phi) is 8.05. The summed E-state index contributed by atoms with van der Waals surface area (Å²) >= 11 is 1.37. The highest BCUT2D eigenvalue weighted by Crippen LogP contribution is 2.30. The predicted molar refractivity (Wildman–Crippen MR) is 139 cm³/mol. The number of rotatable bonds is 10. The second kappa shape index (κ2) is 11.6. The number of carbonyl (C=O) groups excluding carboxylic acids is 1. The normalized spacial score (nSPS) is 10.7. The minimum absolute atomic E-state index is 0.0592. The standard InChI is InChI=1S/C27H28N4O3S/c1-19-9-7-8-12-22(19)31-26(21-10-5-4-6-11-21)29-30-27(31)35-18-25(32)28-16-15-20-13-14-23(33-2)24(17-20)34-3/h4-14,17H,15-16,18H2,1-3H3,(H,28,32). The lowest BCUT2D eigenvalue weighted by Gasteiger charge is -2.13. The molecule has 3 aromatic carbocycles. The van der Waals surface area contributed by atoms with Gasteiger partial charge in [-0.25, -0.2) is 0 Å². The third-order valence-corrected chi connectivity index (χ3v) is 6.47. The Morgan fingerprint density at radius 3 is 2.43 bits per heavy atom. The number of methoxy groups -OCH3 is 2. The molecule has 8 heteroatoms. The van der Waals surface area contributed by atoms with Gasteiger partial charge in [0.1, 0.15) is 0 Å². The number of carbonyl (C=O) groups is 1. The molecule has 0 radical (unpaired) electrons. The molecule has 7 nitrogen and oxygen atoms in total. The van der Waals surface area contributed by atoms with Gasteiger partial charge in [0.2, 0.25) is 5.91 Å². The van der Waals surface area contributed by atoms with Crippen LogP contribution in [0.25, 0.3) is 17.1 Å². The van der Waals surface area contributed by atoms with Crippen LogP contribution < -0.4 is 14.8 Å². The topological polar surface area (TPSA) is 78.3 Å². The maximum Gasteiger partial charge on any atom is 0.230 e. The number of aromatic nitrogens is 3. The molecule has 0 aliphatic carbocycles. The third-order valence-electron chi connectivity index (χ3n) is 5.54. The predicted octanol–water partition coefficient (Wildman–Crippen LogP) is 4.71. The molecule has 1 heterocycles. The number of benzene rings is 3. The molecular formula is C27H28N4O3S. The van der Waals surface area contributed by atoms with Gasteiger partial charge in [0.15, 0.2) is 22.5 Å². The number of amides is 1. The molecule has 4 rings (SSSR count). The molecule has 0 aliphatic heterocycles. The largest absolute Gasteiger partial charge is 0.493 e. The van der Waals surface area contributed by atoms with Gasteiger partial charge in [-0.2, -0.15) is 0 Å². The summed E-state index contributed by atoms with van der Waals surface area (Å²) in [6.45, 7) is 2.58. The quantitative estimate of drug-likeness (QED) is 0.326. The van der Waals surface area contributed by atoms with Crippen LogP contribution in [0.1, 0.15) is 11.1 Å². The summed E-state index contributed by atoms with van der Waals surface area (Å²) in [4.78, 5) is 12.6. The van der Waals surface area contributed by atoms with Crippen molar-refractivity contribution in [3.8, 4) is 28.6 Å². The minimum atomic E-state index is -0.0592. The van der Waals surface area contributed by atoms with E-state index in [2.05, 4.69) is 28.5 Å². The van der Waals surface area contributed by atoms with Crippen molar-refractivity contribution in [2.24, 2.45) is 0 Å². The second-order valence-corrected chi connectivity index (χ2v) is 8.81. The van der Waals surface area contributed by atoms with Crippen molar-refractivity contribution in [2.75, 3.05) is 26.5 Å². The van der Waals surface area contributed by atoms with Gasteiger partial charge < -0.3 is 14.8 Å². The number of hydrogen-bond acceptors (Lipinski definition) is 6. The van der Waals surface area contributed by atoms with E-state index in [1.54, 1.807) is 14.2 Å². The Morgan fingerprint density at radius 2 is 1.69 bits per heavy atom. The number of thioether (sulfide) groups is 1. The van der Waals surface area contributed by atoms with Crippen LogP contribution in [-0.4, -0.2) is 47.2 Å². The molecule has 0 aliphatic rings. The molecule has 0 atom stereocenters. The Bertz CT molecular complexity index is 1290. The molecule has 1 amide bonds. The van der Waals surface area contributed by atoms with E-state index in [1.807, 2.05) is 71.3 Å². The average Bonchev–Trinajstić information content (AvgIpc) is 3.32. The molecular weight excluding hydrogens is 460 g/mol. The van der Waals surface area contributed by atoms with Crippen molar-refractivity contribution in [1.82, 2.24) is 20.1 Å². The van der Waals surface area contributed by atoms with Crippen molar-refractivity contribution in [1.29, 1.82) is 0 Å². The summed E-state index contributed by atoms with van der Waals surface area (Å²) in [6.07, 6.45) is 0.689. The van der Waals surface area contributed by atoms with Crippen LogP contribution in [0.15, 0.2) is 78.0 Å². The Balaban J connectivity index is 1.43. The molecule has 0 unspecified atom stereocenters. The Labute approximate surface area is 209 Å². The lowest BCUT2D eigenvalue weighted by Crippen LogP contribution is -2.27. The molecule has 1 aromatic heterocycles. The highest BCUT2D eigenvalue weighted by molar-refractivity contribution is 7.99. The summed E-state index contributed by atoms with van der Waals surface area (Å²) in [5.41, 5.74) is 4.12. The van der Waals surface area contributed by atoms with E-state index in [4.69, 9.17) is 9.47 Å². The van der Waals surface area contributed by atoms with Crippen LogP contribution in [-0.2, 0) is 11.2 Å². The van der Waals surface area contributed by atoms with Crippen LogP contribution in [0.2, 0.25) is 0 Å². The van der Waals surface area contributed by atoms with Crippen LogP contribution in [0, 0.1) is 6.92 Å². The molecule has 0 spiro atoms. The van der Waals surface area contributed by atoms with Gasteiger partial charge in [-0.15, -0.1) is 10.2 Å². The van der Waals surface area contributed by atoms with Gasteiger partial charge in [0.05, 0.1) is 25.7 Å². The number of hydrogen-bond donors (Lipinski definition) is 1. The number of nitrogens with zero attached hydrogens (tertiary/aromatic N) is 3. The maximum atomic E-state index is 12.6. The molecule has 180 valence electrons. The zero-order chi connectivity index (χ0) is 24.6. The molecule has 0 fully saturated rings. The zero-order valence-corrected chi connectivity index (χ0v) is 20.8. The number of para-hydroxylation sites is 1.